The van der Waals surface area contributed by atoms with Crippen molar-refractivity contribution in [3.63, 3.8) is 0 Å². The molecule has 5 nitrogen and oxygen atoms in total. The van der Waals surface area contributed by atoms with Gasteiger partial charge in [-0.1, -0.05) is 52.5 Å². The van der Waals surface area contributed by atoms with Gasteiger partial charge in [-0.2, -0.15) is 0 Å². The summed E-state index contributed by atoms with van der Waals surface area (Å²) in [6, 6.07) is 13.4. The van der Waals surface area contributed by atoms with Gasteiger partial charge < -0.3 is 19.9 Å². The van der Waals surface area contributed by atoms with Gasteiger partial charge in [-0.25, -0.2) is 4.79 Å². The third kappa shape index (κ3) is 5.89. The van der Waals surface area contributed by atoms with E-state index in [1.165, 1.54) is 19.2 Å². The molecule has 0 aliphatic carbocycles. The topological polar surface area (TPSA) is 67.8 Å². The highest BCUT2D eigenvalue weighted by molar-refractivity contribution is 6.35. The van der Waals surface area contributed by atoms with Crippen LogP contribution in [0.4, 0.5) is 5.69 Å². The van der Waals surface area contributed by atoms with Gasteiger partial charge >= 0.3 is 5.97 Å². The lowest BCUT2D eigenvalue weighted by Crippen LogP contribution is -2.04. The lowest BCUT2D eigenvalue weighted by atomic mass is 10.1. The van der Waals surface area contributed by atoms with Crippen LogP contribution >= 0.6 is 46.4 Å². The Kier molecular flexibility index (Phi) is 7.79. The molecule has 0 amide bonds. The Balaban J connectivity index is 1.74. The van der Waals surface area contributed by atoms with Crippen molar-refractivity contribution in [1.29, 1.82) is 0 Å². The van der Waals surface area contributed by atoms with Crippen LogP contribution in [0.15, 0.2) is 48.5 Å². The fourth-order valence-corrected chi connectivity index (χ4v) is 3.76. The number of anilines is 1. The lowest BCUT2D eigenvalue weighted by Gasteiger charge is -2.15. The van der Waals surface area contributed by atoms with Crippen LogP contribution in [0.1, 0.15) is 21.5 Å². The van der Waals surface area contributed by atoms with Gasteiger partial charge in [0.1, 0.15) is 6.61 Å². The molecule has 3 aromatic rings. The molecule has 0 fully saturated rings. The lowest BCUT2D eigenvalue weighted by molar-refractivity contribution is 0.0697. The molecule has 0 saturated heterocycles. The number of ether oxygens (including phenoxy) is 2. The molecule has 0 radical (unpaired) electrons. The maximum absolute atomic E-state index is 11.2. The summed E-state index contributed by atoms with van der Waals surface area (Å²) in [6.45, 7) is 0.562. The Morgan fingerprint density at radius 2 is 1.74 bits per heavy atom. The zero-order valence-electron chi connectivity index (χ0n) is 16.2. The molecule has 3 rings (SSSR count). The normalized spacial score (nSPS) is 10.6. The first-order valence-electron chi connectivity index (χ1n) is 8.98. The fraction of sp³-hybridized carbons (Fsp3) is 0.136. The first kappa shape index (κ1) is 23.4. The number of aromatic carboxylic acids is 1. The van der Waals surface area contributed by atoms with Crippen molar-refractivity contribution in [3.8, 4) is 11.5 Å². The van der Waals surface area contributed by atoms with E-state index < -0.39 is 5.97 Å². The highest BCUT2D eigenvalue weighted by atomic mass is 35.5. The van der Waals surface area contributed by atoms with Crippen molar-refractivity contribution in [2.75, 3.05) is 12.4 Å². The molecule has 0 spiro atoms. The van der Waals surface area contributed by atoms with Gasteiger partial charge in [0.05, 0.1) is 22.7 Å². The molecule has 0 atom stereocenters. The van der Waals surface area contributed by atoms with Crippen molar-refractivity contribution >= 4 is 58.1 Å². The number of hydrogen-bond donors (Lipinski definition) is 2. The summed E-state index contributed by atoms with van der Waals surface area (Å²) in [4.78, 5) is 11.2. The van der Waals surface area contributed by atoms with E-state index >= 15 is 0 Å². The third-order valence-corrected chi connectivity index (χ3v) is 5.57. The van der Waals surface area contributed by atoms with Gasteiger partial charge in [0.15, 0.2) is 11.5 Å². The van der Waals surface area contributed by atoms with Crippen LogP contribution in [0.5, 0.6) is 11.5 Å². The molecule has 0 aliphatic rings. The van der Waals surface area contributed by atoms with Gasteiger partial charge in [0.2, 0.25) is 0 Å². The second kappa shape index (κ2) is 10.3. The van der Waals surface area contributed by atoms with Crippen molar-refractivity contribution < 1.29 is 19.4 Å². The average molecular weight is 501 g/mol. The number of rotatable bonds is 8. The number of methoxy groups -OCH3 is 1. The summed E-state index contributed by atoms with van der Waals surface area (Å²) < 4.78 is 11.3. The molecule has 0 bridgehead atoms. The van der Waals surface area contributed by atoms with Crippen LogP contribution in [-0.2, 0) is 13.2 Å². The molecule has 0 aromatic heterocycles. The van der Waals surface area contributed by atoms with Crippen molar-refractivity contribution in [1.82, 2.24) is 0 Å². The highest BCUT2D eigenvalue weighted by Gasteiger charge is 2.14. The molecule has 0 unspecified atom stereocenters. The van der Waals surface area contributed by atoms with Crippen molar-refractivity contribution in [3.05, 3.63) is 85.3 Å². The largest absolute Gasteiger partial charge is 0.493 e. The second-order valence-electron chi connectivity index (χ2n) is 6.49. The minimum Gasteiger partial charge on any atom is -0.493 e. The maximum atomic E-state index is 11.2. The zero-order chi connectivity index (χ0) is 22.5. The smallest absolute Gasteiger partial charge is 0.337 e. The minimum atomic E-state index is -1.10. The summed E-state index contributed by atoms with van der Waals surface area (Å²) in [5.41, 5.74) is 2.19. The number of hydrogen-bond acceptors (Lipinski definition) is 4. The number of carboxylic acid groups (broad SMARTS) is 1. The number of nitrogens with one attached hydrogen (secondary N) is 1. The predicted molar refractivity (Wildman–Crippen MR) is 125 cm³/mol. The van der Waals surface area contributed by atoms with Gasteiger partial charge in [-0.3, -0.25) is 0 Å². The number of halogens is 4. The van der Waals surface area contributed by atoms with Crippen LogP contribution in [0, 0.1) is 0 Å². The van der Waals surface area contributed by atoms with Crippen LogP contribution in [0.25, 0.3) is 0 Å². The summed E-state index contributed by atoms with van der Waals surface area (Å²) in [7, 11) is 1.52. The quantitative estimate of drug-likeness (QED) is 0.342. The van der Waals surface area contributed by atoms with Gasteiger partial charge in [0.25, 0.3) is 0 Å². The zero-order valence-corrected chi connectivity index (χ0v) is 19.2. The van der Waals surface area contributed by atoms with E-state index in [9.17, 15) is 9.90 Å². The van der Waals surface area contributed by atoms with E-state index in [1.54, 1.807) is 36.4 Å². The fourth-order valence-electron chi connectivity index (χ4n) is 2.81. The molecular weight excluding hydrogens is 484 g/mol. The summed E-state index contributed by atoms with van der Waals surface area (Å²) in [6.07, 6.45) is 0. The van der Waals surface area contributed by atoms with E-state index in [-0.39, 0.29) is 17.2 Å². The van der Waals surface area contributed by atoms with Crippen molar-refractivity contribution in [2.24, 2.45) is 0 Å². The van der Waals surface area contributed by atoms with Crippen LogP contribution in [0.2, 0.25) is 20.1 Å². The monoisotopic (exact) mass is 499 g/mol. The Hall–Kier alpha value is -2.31. The molecular formula is C22H17Cl4NO4. The van der Waals surface area contributed by atoms with Crippen LogP contribution in [-0.4, -0.2) is 18.2 Å². The van der Waals surface area contributed by atoms with Crippen LogP contribution in [0.3, 0.4) is 0 Å². The Bertz CT molecular complexity index is 1120. The van der Waals surface area contributed by atoms with E-state index in [1.807, 2.05) is 0 Å². The molecule has 0 aliphatic heterocycles. The van der Waals surface area contributed by atoms with E-state index in [4.69, 9.17) is 55.9 Å². The third-order valence-electron chi connectivity index (χ3n) is 4.37. The first-order valence-corrected chi connectivity index (χ1v) is 10.5. The van der Waals surface area contributed by atoms with Gasteiger partial charge in [-0.15, -0.1) is 0 Å². The summed E-state index contributed by atoms with van der Waals surface area (Å²) >= 11 is 24.5. The summed E-state index contributed by atoms with van der Waals surface area (Å²) in [5, 5.41) is 13.9. The van der Waals surface area contributed by atoms with Gasteiger partial charge in [-0.05, 0) is 48.0 Å². The second-order valence-corrected chi connectivity index (χ2v) is 8.14. The number of carboxylic acids is 1. The molecule has 0 saturated carbocycles. The Morgan fingerprint density at radius 3 is 2.42 bits per heavy atom. The minimum absolute atomic E-state index is 0.0203. The standard InChI is InChI=1S/C22H17Cl4NO4/c1-30-20-7-12(10-27-15-4-5-17(24)16(9-15)22(28)29)6-19(26)21(20)31-11-13-2-3-14(23)8-18(13)25/h2-9,27H,10-11H2,1H3,(H,28,29). The maximum Gasteiger partial charge on any atom is 0.337 e. The highest BCUT2D eigenvalue weighted by Crippen LogP contribution is 2.37. The molecule has 3 aromatic carbocycles. The van der Waals surface area contributed by atoms with Crippen LogP contribution < -0.4 is 14.8 Å². The molecule has 31 heavy (non-hydrogen) atoms. The van der Waals surface area contributed by atoms with Gasteiger partial charge in [0, 0.05) is 27.8 Å². The molecule has 2 N–H and O–H groups in total. The molecule has 162 valence electrons. The van der Waals surface area contributed by atoms with E-state index in [0.717, 1.165) is 11.1 Å². The average Bonchev–Trinajstić information content (AvgIpc) is 2.72. The van der Waals surface area contributed by atoms with E-state index in [0.29, 0.717) is 38.8 Å². The number of carbonyl (C=O) groups is 1. The van der Waals surface area contributed by atoms with E-state index in [2.05, 4.69) is 5.32 Å². The summed E-state index contributed by atoms with van der Waals surface area (Å²) in [5.74, 6) is -0.254. The number of benzene rings is 3. The first-order chi connectivity index (χ1) is 14.8. The Labute approximate surface area is 199 Å². The SMILES string of the molecule is COc1cc(CNc2ccc(Cl)c(C(=O)O)c2)cc(Cl)c1OCc1ccc(Cl)cc1Cl. The predicted octanol–water partition coefficient (Wildman–Crippen LogP) is 7.20. The van der Waals surface area contributed by atoms with Crippen molar-refractivity contribution in [2.45, 2.75) is 13.2 Å². The Morgan fingerprint density at radius 1 is 0.968 bits per heavy atom. The molecule has 9 heteroatoms. The molecule has 0 heterocycles.